The second kappa shape index (κ2) is 5.60. The van der Waals surface area contributed by atoms with E-state index in [4.69, 9.17) is 5.11 Å². The summed E-state index contributed by atoms with van der Waals surface area (Å²) >= 11 is 0. The molecule has 1 aromatic carbocycles. The van der Waals surface area contributed by atoms with Crippen LogP contribution in [0.4, 0.5) is 0 Å². The molecule has 1 aromatic heterocycles. The number of carboxylic acid groups (broad SMARTS) is 1. The van der Waals surface area contributed by atoms with Crippen LogP contribution in [0.15, 0.2) is 18.2 Å². The van der Waals surface area contributed by atoms with Crippen LogP contribution in [0.2, 0.25) is 0 Å². The highest BCUT2D eigenvalue weighted by Crippen LogP contribution is 2.39. The quantitative estimate of drug-likeness (QED) is 0.906. The molecule has 1 heterocycles. The summed E-state index contributed by atoms with van der Waals surface area (Å²) in [6.07, 6.45) is 0.709. The van der Waals surface area contributed by atoms with Crippen molar-refractivity contribution in [1.29, 1.82) is 0 Å². The number of aryl methyl sites for hydroxylation is 2. The van der Waals surface area contributed by atoms with Crippen LogP contribution >= 0.6 is 0 Å². The van der Waals surface area contributed by atoms with E-state index in [9.17, 15) is 9.90 Å². The second-order valence-electron chi connectivity index (χ2n) is 5.39. The van der Waals surface area contributed by atoms with Gasteiger partial charge in [0.05, 0.1) is 5.69 Å². The average Bonchev–Trinajstić information content (AvgIpc) is 2.80. The maximum Gasteiger partial charge on any atom is 0.356 e. The van der Waals surface area contributed by atoms with E-state index in [0.29, 0.717) is 17.7 Å². The normalized spacial score (nSPS) is 11.1. The molecule has 0 spiro atoms. The molecule has 0 radical (unpaired) electrons. The molecule has 2 aromatic rings. The number of carboxylic acids is 1. The van der Waals surface area contributed by atoms with Crippen molar-refractivity contribution < 1.29 is 15.0 Å². The first-order valence-electron chi connectivity index (χ1n) is 6.99. The predicted molar refractivity (Wildman–Crippen MR) is 80.7 cm³/mol. The zero-order chi connectivity index (χ0) is 15.7. The highest BCUT2D eigenvalue weighted by molar-refractivity contribution is 5.88. The smallest absolute Gasteiger partial charge is 0.356 e. The lowest BCUT2D eigenvalue weighted by atomic mass is 9.91. The van der Waals surface area contributed by atoms with Gasteiger partial charge < -0.3 is 10.2 Å². The summed E-state index contributed by atoms with van der Waals surface area (Å²) < 4.78 is 1.50. The molecule has 0 bridgehead atoms. The molecule has 0 aliphatic carbocycles. The molecule has 5 heteroatoms. The van der Waals surface area contributed by atoms with Gasteiger partial charge in [-0.1, -0.05) is 32.9 Å². The van der Waals surface area contributed by atoms with Crippen molar-refractivity contribution in [3.63, 3.8) is 0 Å². The van der Waals surface area contributed by atoms with E-state index < -0.39 is 5.97 Å². The SMILES string of the molecule is CCc1ccc(C(C)C)c(-c2cc(C(=O)O)nn2C)c1O. The minimum absolute atomic E-state index is 0.0245. The van der Waals surface area contributed by atoms with Gasteiger partial charge in [0.2, 0.25) is 0 Å². The summed E-state index contributed by atoms with van der Waals surface area (Å²) in [5.74, 6) is -0.655. The fraction of sp³-hybridized carbons (Fsp3) is 0.375. The molecule has 112 valence electrons. The molecular weight excluding hydrogens is 268 g/mol. The average molecular weight is 288 g/mol. The number of carbonyl (C=O) groups is 1. The summed E-state index contributed by atoms with van der Waals surface area (Å²) in [5.41, 5.74) is 3.08. The largest absolute Gasteiger partial charge is 0.507 e. The molecule has 0 saturated heterocycles. The lowest BCUT2D eigenvalue weighted by Crippen LogP contribution is -2.01. The number of phenolic OH excluding ortho intramolecular Hbond substituents is 1. The number of aromatic hydroxyl groups is 1. The molecule has 0 aliphatic heterocycles. The van der Waals surface area contributed by atoms with Crippen LogP contribution in [0, 0.1) is 0 Å². The van der Waals surface area contributed by atoms with Gasteiger partial charge in [0.15, 0.2) is 5.69 Å². The number of hydrogen-bond acceptors (Lipinski definition) is 3. The lowest BCUT2D eigenvalue weighted by Gasteiger charge is -2.17. The number of nitrogens with zero attached hydrogens (tertiary/aromatic N) is 2. The maximum atomic E-state index is 11.1. The number of phenols is 1. The van der Waals surface area contributed by atoms with E-state index in [-0.39, 0.29) is 17.4 Å². The minimum atomic E-state index is -1.07. The summed E-state index contributed by atoms with van der Waals surface area (Å²) in [4.78, 5) is 11.1. The second-order valence-corrected chi connectivity index (χ2v) is 5.39. The van der Waals surface area contributed by atoms with E-state index >= 15 is 0 Å². The number of rotatable bonds is 4. The van der Waals surface area contributed by atoms with Gasteiger partial charge in [-0.25, -0.2) is 4.79 Å². The minimum Gasteiger partial charge on any atom is -0.507 e. The summed E-state index contributed by atoms with van der Waals surface area (Å²) in [7, 11) is 1.68. The molecule has 0 unspecified atom stereocenters. The molecule has 2 rings (SSSR count). The highest BCUT2D eigenvalue weighted by Gasteiger charge is 2.21. The van der Waals surface area contributed by atoms with Crippen LogP contribution in [-0.4, -0.2) is 26.0 Å². The Labute approximate surface area is 123 Å². The first-order valence-corrected chi connectivity index (χ1v) is 6.99. The number of aromatic carboxylic acids is 1. The van der Waals surface area contributed by atoms with Gasteiger partial charge in [0.1, 0.15) is 5.75 Å². The van der Waals surface area contributed by atoms with Gasteiger partial charge >= 0.3 is 5.97 Å². The molecule has 21 heavy (non-hydrogen) atoms. The zero-order valence-corrected chi connectivity index (χ0v) is 12.7. The van der Waals surface area contributed by atoms with Crippen LogP contribution in [0.1, 0.15) is 48.3 Å². The summed E-state index contributed by atoms with van der Waals surface area (Å²) in [6, 6.07) is 5.41. The molecule has 0 aliphatic rings. The Hall–Kier alpha value is -2.30. The lowest BCUT2D eigenvalue weighted by molar-refractivity contribution is 0.0689. The predicted octanol–water partition coefficient (Wildman–Crippen LogP) is 3.18. The fourth-order valence-electron chi connectivity index (χ4n) is 2.49. The number of benzene rings is 1. The van der Waals surface area contributed by atoms with Crippen molar-refractivity contribution in [1.82, 2.24) is 9.78 Å². The third kappa shape index (κ3) is 2.63. The van der Waals surface area contributed by atoms with Gasteiger partial charge in [-0.2, -0.15) is 5.10 Å². The van der Waals surface area contributed by atoms with Crippen molar-refractivity contribution >= 4 is 5.97 Å². The van der Waals surface area contributed by atoms with Gasteiger partial charge in [-0.15, -0.1) is 0 Å². The van der Waals surface area contributed by atoms with Crippen molar-refractivity contribution in [3.05, 3.63) is 35.0 Å². The summed E-state index contributed by atoms with van der Waals surface area (Å²) in [5, 5.41) is 23.6. The number of hydrogen-bond donors (Lipinski definition) is 2. The van der Waals surface area contributed by atoms with Crippen LogP contribution in [0.25, 0.3) is 11.3 Å². The first kappa shape index (κ1) is 15.1. The Morgan fingerprint density at radius 1 is 1.38 bits per heavy atom. The van der Waals surface area contributed by atoms with Crippen molar-refractivity contribution in [2.24, 2.45) is 7.05 Å². The molecule has 0 atom stereocenters. The Morgan fingerprint density at radius 2 is 2.05 bits per heavy atom. The third-order valence-electron chi connectivity index (χ3n) is 3.65. The molecule has 0 saturated carbocycles. The Kier molecular flexibility index (Phi) is 4.02. The van der Waals surface area contributed by atoms with E-state index in [0.717, 1.165) is 11.1 Å². The first-order chi connectivity index (χ1) is 9.86. The van der Waals surface area contributed by atoms with Crippen LogP contribution in [-0.2, 0) is 13.5 Å². The zero-order valence-electron chi connectivity index (χ0n) is 12.7. The number of aromatic nitrogens is 2. The molecular formula is C16H20N2O3. The van der Waals surface area contributed by atoms with Crippen molar-refractivity contribution in [2.45, 2.75) is 33.1 Å². The summed E-state index contributed by atoms with van der Waals surface area (Å²) in [6.45, 7) is 6.05. The highest BCUT2D eigenvalue weighted by atomic mass is 16.4. The van der Waals surface area contributed by atoms with Gasteiger partial charge in [-0.3, -0.25) is 4.68 Å². The Balaban J connectivity index is 2.74. The molecule has 2 N–H and O–H groups in total. The van der Waals surface area contributed by atoms with E-state index in [1.807, 2.05) is 32.9 Å². The fourth-order valence-corrected chi connectivity index (χ4v) is 2.49. The van der Waals surface area contributed by atoms with Gasteiger partial charge in [0.25, 0.3) is 0 Å². The maximum absolute atomic E-state index is 11.1. The molecule has 0 fully saturated rings. The van der Waals surface area contributed by atoms with Crippen molar-refractivity contribution in [2.75, 3.05) is 0 Å². The van der Waals surface area contributed by atoms with Crippen LogP contribution in [0.5, 0.6) is 5.75 Å². The van der Waals surface area contributed by atoms with Crippen LogP contribution < -0.4 is 0 Å². The molecule has 5 nitrogen and oxygen atoms in total. The van der Waals surface area contributed by atoms with E-state index in [1.54, 1.807) is 7.05 Å². The standard InChI is InChI=1S/C16H20N2O3/c1-5-10-6-7-11(9(2)3)14(15(10)19)13-8-12(16(20)21)17-18(13)4/h6-9,19H,5H2,1-4H3,(H,20,21). The monoisotopic (exact) mass is 288 g/mol. The van der Waals surface area contributed by atoms with Gasteiger partial charge in [-0.05, 0) is 29.5 Å². The Bertz CT molecular complexity index is 687. The van der Waals surface area contributed by atoms with E-state index in [1.165, 1.54) is 10.7 Å². The third-order valence-corrected chi connectivity index (χ3v) is 3.65. The molecule has 0 amide bonds. The topological polar surface area (TPSA) is 75.3 Å². The van der Waals surface area contributed by atoms with Gasteiger partial charge in [0, 0.05) is 12.6 Å². The van der Waals surface area contributed by atoms with E-state index in [2.05, 4.69) is 5.10 Å². The van der Waals surface area contributed by atoms with Crippen molar-refractivity contribution in [3.8, 4) is 17.0 Å². The Morgan fingerprint density at radius 3 is 2.52 bits per heavy atom. The van der Waals surface area contributed by atoms with Crippen LogP contribution in [0.3, 0.4) is 0 Å².